The molecule has 5 heteroatoms. The van der Waals surface area contributed by atoms with Crippen molar-refractivity contribution in [1.82, 2.24) is 0 Å². The van der Waals surface area contributed by atoms with Crippen LogP contribution in [0.5, 0.6) is 5.75 Å². The summed E-state index contributed by atoms with van der Waals surface area (Å²) in [6.07, 6.45) is 0. The van der Waals surface area contributed by atoms with Crippen LogP contribution in [0.25, 0.3) is 0 Å². The first-order valence-electron chi connectivity index (χ1n) is 5.71. The summed E-state index contributed by atoms with van der Waals surface area (Å²) in [5.41, 5.74) is 1.83. The lowest BCUT2D eigenvalue weighted by molar-refractivity contribution is 0.200. The van der Waals surface area contributed by atoms with Crippen LogP contribution in [0.4, 0.5) is 0 Å². The van der Waals surface area contributed by atoms with Crippen molar-refractivity contribution in [2.24, 2.45) is 5.41 Å². The smallest absolute Gasteiger partial charge is 0.233 e. The number of hydrogen-bond acceptors (Lipinski definition) is 3. The molecule has 0 N–H and O–H groups in total. The van der Waals surface area contributed by atoms with Crippen molar-refractivity contribution in [1.29, 1.82) is 0 Å². The standard InChI is InChI=1S/C13H19ClO3S/c1-10-5-6-12(7-11(10)2)17-8-13(3,4)9-18(14,15)16/h5-7H,8-9H2,1-4H3. The Hall–Kier alpha value is -0.740. The first-order valence-corrected chi connectivity index (χ1v) is 8.19. The van der Waals surface area contributed by atoms with Crippen LogP contribution in [0.1, 0.15) is 25.0 Å². The second-order valence-electron chi connectivity index (χ2n) is 5.38. The Morgan fingerprint density at radius 3 is 2.33 bits per heavy atom. The summed E-state index contributed by atoms with van der Waals surface area (Å²) in [6.45, 7) is 7.98. The minimum Gasteiger partial charge on any atom is -0.493 e. The van der Waals surface area contributed by atoms with Gasteiger partial charge in [0.1, 0.15) is 5.75 Å². The van der Waals surface area contributed by atoms with Gasteiger partial charge in [-0.05, 0) is 37.1 Å². The fourth-order valence-corrected chi connectivity index (χ4v) is 3.49. The van der Waals surface area contributed by atoms with E-state index in [4.69, 9.17) is 15.4 Å². The van der Waals surface area contributed by atoms with E-state index < -0.39 is 14.5 Å². The minimum atomic E-state index is -3.51. The van der Waals surface area contributed by atoms with Crippen molar-refractivity contribution in [2.75, 3.05) is 12.4 Å². The lowest BCUT2D eigenvalue weighted by atomic mass is 9.98. The van der Waals surface area contributed by atoms with Crippen molar-refractivity contribution in [3.05, 3.63) is 29.3 Å². The highest BCUT2D eigenvalue weighted by Gasteiger charge is 2.25. The van der Waals surface area contributed by atoms with Gasteiger partial charge in [-0.15, -0.1) is 0 Å². The van der Waals surface area contributed by atoms with E-state index in [0.717, 1.165) is 11.3 Å². The molecule has 0 saturated carbocycles. The number of benzene rings is 1. The summed E-state index contributed by atoms with van der Waals surface area (Å²) in [5, 5.41) is 0. The Morgan fingerprint density at radius 2 is 1.83 bits per heavy atom. The van der Waals surface area contributed by atoms with Crippen molar-refractivity contribution < 1.29 is 13.2 Å². The molecule has 0 radical (unpaired) electrons. The molecule has 0 heterocycles. The predicted octanol–water partition coefficient (Wildman–Crippen LogP) is 3.28. The highest BCUT2D eigenvalue weighted by atomic mass is 35.7. The third kappa shape index (κ3) is 5.27. The molecule has 0 fully saturated rings. The molecule has 1 rings (SSSR count). The first kappa shape index (κ1) is 15.3. The van der Waals surface area contributed by atoms with Gasteiger partial charge < -0.3 is 4.74 Å². The van der Waals surface area contributed by atoms with Gasteiger partial charge >= 0.3 is 0 Å². The molecule has 1 aromatic rings. The Morgan fingerprint density at radius 1 is 1.22 bits per heavy atom. The topological polar surface area (TPSA) is 43.4 Å². The van der Waals surface area contributed by atoms with Crippen LogP contribution in [0.2, 0.25) is 0 Å². The molecule has 3 nitrogen and oxygen atoms in total. The van der Waals surface area contributed by atoms with Gasteiger partial charge in [0.05, 0.1) is 12.4 Å². The van der Waals surface area contributed by atoms with Crippen LogP contribution in [-0.2, 0) is 9.05 Å². The van der Waals surface area contributed by atoms with E-state index in [1.54, 1.807) is 0 Å². The highest BCUT2D eigenvalue weighted by Crippen LogP contribution is 2.23. The van der Waals surface area contributed by atoms with E-state index in [1.165, 1.54) is 5.56 Å². The Labute approximate surface area is 114 Å². The maximum Gasteiger partial charge on any atom is 0.233 e. The fraction of sp³-hybridized carbons (Fsp3) is 0.538. The van der Waals surface area contributed by atoms with Crippen molar-refractivity contribution in [3.8, 4) is 5.75 Å². The van der Waals surface area contributed by atoms with E-state index >= 15 is 0 Å². The molecule has 0 aromatic heterocycles. The van der Waals surface area contributed by atoms with Crippen molar-refractivity contribution in [2.45, 2.75) is 27.7 Å². The molecule has 0 amide bonds. The number of ether oxygens (including phenoxy) is 1. The normalized spacial score (nSPS) is 12.5. The van der Waals surface area contributed by atoms with E-state index in [-0.39, 0.29) is 5.75 Å². The molecule has 0 aliphatic heterocycles. The SMILES string of the molecule is Cc1ccc(OCC(C)(C)CS(=O)(=O)Cl)cc1C. The van der Waals surface area contributed by atoms with Crippen LogP contribution < -0.4 is 4.74 Å². The summed E-state index contributed by atoms with van der Waals surface area (Å²) >= 11 is 0. The second-order valence-corrected chi connectivity index (χ2v) is 8.16. The van der Waals surface area contributed by atoms with Crippen LogP contribution in [0, 0.1) is 19.3 Å². The highest BCUT2D eigenvalue weighted by molar-refractivity contribution is 8.13. The van der Waals surface area contributed by atoms with Gasteiger partial charge in [-0.1, -0.05) is 19.9 Å². The third-order valence-corrected chi connectivity index (χ3v) is 4.12. The van der Waals surface area contributed by atoms with Gasteiger partial charge in [-0.3, -0.25) is 0 Å². The summed E-state index contributed by atoms with van der Waals surface area (Å²) in [7, 11) is 1.75. The van der Waals surface area contributed by atoms with Gasteiger partial charge in [0.15, 0.2) is 0 Å². The van der Waals surface area contributed by atoms with E-state index in [0.29, 0.717) is 6.61 Å². The van der Waals surface area contributed by atoms with Crippen LogP contribution in [0.15, 0.2) is 18.2 Å². The first-order chi connectivity index (χ1) is 8.09. The third-order valence-electron chi connectivity index (χ3n) is 2.67. The summed E-state index contributed by atoms with van der Waals surface area (Å²) < 4.78 is 27.8. The van der Waals surface area contributed by atoms with Crippen molar-refractivity contribution in [3.63, 3.8) is 0 Å². The molecular formula is C13H19ClO3S. The van der Waals surface area contributed by atoms with E-state index in [1.807, 2.05) is 45.9 Å². The fourth-order valence-electron chi connectivity index (χ4n) is 1.59. The molecule has 18 heavy (non-hydrogen) atoms. The van der Waals surface area contributed by atoms with E-state index in [9.17, 15) is 8.42 Å². The van der Waals surface area contributed by atoms with Crippen LogP contribution >= 0.6 is 10.7 Å². The number of hydrogen-bond donors (Lipinski definition) is 0. The zero-order valence-corrected chi connectivity index (χ0v) is 12.7. The molecule has 0 aliphatic carbocycles. The second kappa shape index (κ2) is 5.49. The zero-order valence-electron chi connectivity index (χ0n) is 11.2. The maximum atomic E-state index is 11.1. The summed E-state index contributed by atoms with van der Waals surface area (Å²) in [4.78, 5) is 0. The van der Waals surface area contributed by atoms with E-state index in [2.05, 4.69) is 0 Å². The lowest BCUT2D eigenvalue weighted by Gasteiger charge is -2.23. The monoisotopic (exact) mass is 290 g/mol. The Kier molecular flexibility index (Phi) is 4.67. The molecule has 0 saturated heterocycles. The molecule has 0 spiro atoms. The Balaban J connectivity index is 2.67. The average molecular weight is 291 g/mol. The number of rotatable bonds is 5. The number of halogens is 1. The molecular weight excluding hydrogens is 272 g/mol. The molecule has 102 valence electrons. The van der Waals surface area contributed by atoms with Crippen LogP contribution in [-0.4, -0.2) is 20.8 Å². The van der Waals surface area contributed by atoms with Gasteiger partial charge in [-0.2, -0.15) is 0 Å². The summed E-state index contributed by atoms with van der Waals surface area (Å²) in [6, 6.07) is 5.81. The van der Waals surface area contributed by atoms with Gasteiger partial charge in [0, 0.05) is 16.1 Å². The lowest BCUT2D eigenvalue weighted by Crippen LogP contribution is -2.28. The average Bonchev–Trinajstić information content (AvgIpc) is 2.16. The molecule has 0 atom stereocenters. The van der Waals surface area contributed by atoms with Gasteiger partial charge in [-0.25, -0.2) is 8.42 Å². The Bertz CT molecular complexity index is 521. The maximum absolute atomic E-state index is 11.1. The van der Waals surface area contributed by atoms with Gasteiger partial charge in [0.2, 0.25) is 9.05 Å². The predicted molar refractivity (Wildman–Crippen MR) is 74.8 cm³/mol. The quantitative estimate of drug-likeness (QED) is 0.782. The zero-order chi connectivity index (χ0) is 14.0. The molecule has 0 bridgehead atoms. The molecule has 0 aliphatic rings. The largest absolute Gasteiger partial charge is 0.493 e. The summed E-state index contributed by atoms with van der Waals surface area (Å²) in [5.74, 6) is 0.644. The van der Waals surface area contributed by atoms with Crippen LogP contribution in [0.3, 0.4) is 0 Å². The number of aryl methyl sites for hydroxylation is 2. The van der Waals surface area contributed by atoms with Gasteiger partial charge in [0.25, 0.3) is 0 Å². The minimum absolute atomic E-state index is 0.105. The molecule has 1 aromatic carbocycles. The molecule has 0 unspecified atom stereocenters. The van der Waals surface area contributed by atoms with Crippen molar-refractivity contribution >= 4 is 19.7 Å².